The van der Waals surface area contributed by atoms with Gasteiger partial charge in [0.05, 0.1) is 24.6 Å². The van der Waals surface area contributed by atoms with Gasteiger partial charge >= 0.3 is 0 Å². The first-order valence-corrected chi connectivity index (χ1v) is 6.42. The lowest BCUT2D eigenvalue weighted by molar-refractivity contribution is -0.160. The third-order valence-corrected chi connectivity index (χ3v) is 3.43. The zero-order chi connectivity index (χ0) is 13.3. The maximum absolute atomic E-state index is 12.2. The molecule has 1 aliphatic rings. The second kappa shape index (κ2) is 4.94. The van der Waals surface area contributed by atoms with Crippen LogP contribution in [0.5, 0.6) is 0 Å². The van der Waals surface area contributed by atoms with E-state index in [9.17, 15) is 9.90 Å². The Morgan fingerprint density at radius 3 is 2.35 bits per heavy atom. The van der Waals surface area contributed by atoms with Crippen molar-refractivity contribution in [3.63, 3.8) is 0 Å². The van der Waals surface area contributed by atoms with Gasteiger partial charge < -0.3 is 15.7 Å². The standard InChI is InChI=1S/C13H26N2O2/c1-5-13(17)8-15(9-13)11(16)10(7-14)6-12(2,3)4/h10,17H,5-9,14H2,1-4H3. The first kappa shape index (κ1) is 14.5. The predicted molar refractivity (Wildman–Crippen MR) is 68.4 cm³/mol. The first-order chi connectivity index (χ1) is 7.71. The summed E-state index contributed by atoms with van der Waals surface area (Å²) in [5.74, 6) is -0.0167. The average Bonchev–Trinajstić information content (AvgIpc) is 2.19. The van der Waals surface area contributed by atoms with Crippen molar-refractivity contribution in [2.45, 2.75) is 46.1 Å². The van der Waals surface area contributed by atoms with E-state index in [2.05, 4.69) is 20.8 Å². The maximum atomic E-state index is 12.2. The number of β-amino-alcohol motifs (C(OH)–C–C–N with tert-alkyl or cyclic N) is 1. The second-order valence-electron chi connectivity index (χ2n) is 6.47. The SMILES string of the molecule is CCC1(O)CN(C(=O)C(CN)CC(C)(C)C)C1. The van der Waals surface area contributed by atoms with E-state index >= 15 is 0 Å². The molecule has 0 radical (unpaired) electrons. The van der Waals surface area contributed by atoms with Crippen molar-refractivity contribution < 1.29 is 9.90 Å². The molecule has 1 heterocycles. The van der Waals surface area contributed by atoms with Gasteiger partial charge in [0.25, 0.3) is 0 Å². The molecule has 100 valence electrons. The van der Waals surface area contributed by atoms with Gasteiger partial charge in [-0.2, -0.15) is 0 Å². The Hall–Kier alpha value is -0.610. The van der Waals surface area contributed by atoms with Gasteiger partial charge in [-0.1, -0.05) is 27.7 Å². The average molecular weight is 242 g/mol. The van der Waals surface area contributed by atoms with Gasteiger partial charge in [0, 0.05) is 6.54 Å². The fourth-order valence-corrected chi connectivity index (χ4v) is 2.31. The van der Waals surface area contributed by atoms with Crippen LogP contribution < -0.4 is 5.73 Å². The van der Waals surface area contributed by atoms with Crippen LogP contribution in [0.25, 0.3) is 0 Å². The monoisotopic (exact) mass is 242 g/mol. The summed E-state index contributed by atoms with van der Waals surface area (Å²) in [5.41, 5.74) is 5.13. The zero-order valence-electron chi connectivity index (χ0n) is 11.5. The summed E-state index contributed by atoms with van der Waals surface area (Å²) in [4.78, 5) is 13.9. The second-order valence-corrected chi connectivity index (χ2v) is 6.47. The number of carbonyl (C=O) groups is 1. The molecular formula is C13H26N2O2. The van der Waals surface area contributed by atoms with E-state index < -0.39 is 5.60 Å². The summed E-state index contributed by atoms with van der Waals surface area (Å²) in [6, 6.07) is 0. The number of aliphatic hydroxyl groups is 1. The summed E-state index contributed by atoms with van der Waals surface area (Å²) < 4.78 is 0. The molecule has 1 aliphatic heterocycles. The van der Waals surface area contributed by atoms with Crippen LogP contribution in [0.1, 0.15) is 40.5 Å². The molecule has 17 heavy (non-hydrogen) atoms. The zero-order valence-corrected chi connectivity index (χ0v) is 11.5. The van der Waals surface area contributed by atoms with Crippen LogP contribution in [0.15, 0.2) is 0 Å². The van der Waals surface area contributed by atoms with Gasteiger partial charge in [0.15, 0.2) is 0 Å². The number of amides is 1. The largest absolute Gasteiger partial charge is 0.386 e. The third kappa shape index (κ3) is 3.68. The fourth-order valence-electron chi connectivity index (χ4n) is 2.31. The molecule has 3 N–H and O–H groups in total. The van der Waals surface area contributed by atoms with Crippen molar-refractivity contribution in [3.05, 3.63) is 0 Å². The molecule has 1 amide bonds. The lowest BCUT2D eigenvalue weighted by Gasteiger charge is -2.47. The maximum Gasteiger partial charge on any atom is 0.227 e. The van der Waals surface area contributed by atoms with Crippen molar-refractivity contribution in [2.24, 2.45) is 17.1 Å². The number of nitrogens with zero attached hydrogens (tertiary/aromatic N) is 1. The van der Waals surface area contributed by atoms with Gasteiger partial charge in [0.2, 0.25) is 5.91 Å². The van der Waals surface area contributed by atoms with Crippen molar-refractivity contribution in [2.75, 3.05) is 19.6 Å². The van der Waals surface area contributed by atoms with Crippen molar-refractivity contribution in [1.82, 2.24) is 4.90 Å². The van der Waals surface area contributed by atoms with E-state index in [1.54, 1.807) is 4.90 Å². The van der Waals surface area contributed by atoms with E-state index in [1.807, 2.05) is 6.92 Å². The molecule has 0 aromatic rings. The highest BCUT2D eigenvalue weighted by Crippen LogP contribution is 2.29. The summed E-state index contributed by atoms with van der Waals surface area (Å²) in [7, 11) is 0. The lowest BCUT2D eigenvalue weighted by Crippen LogP contribution is -2.64. The van der Waals surface area contributed by atoms with Crippen LogP contribution in [-0.4, -0.2) is 41.1 Å². The van der Waals surface area contributed by atoms with E-state index in [1.165, 1.54) is 0 Å². The Morgan fingerprint density at radius 1 is 1.47 bits per heavy atom. The topological polar surface area (TPSA) is 66.6 Å². The third-order valence-electron chi connectivity index (χ3n) is 3.43. The quantitative estimate of drug-likeness (QED) is 0.772. The molecule has 0 spiro atoms. The highest BCUT2D eigenvalue weighted by molar-refractivity contribution is 5.80. The fraction of sp³-hybridized carbons (Fsp3) is 0.923. The molecule has 1 rings (SSSR count). The summed E-state index contributed by atoms with van der Waals surface area (Å²) in [6.07, 6.45) is 1.49. The Kier molecular flexibility index (Phi) is 4.20. The minimum absolute atomic E-state index is 0.0977. The first-order valence-electron chi connectivity index (χ1n) is 6.42. The normalized spacial score (nSPS) is 20.9. The number of hydrogen-bond donors (Lipinski definition) is 2. The minimum Gasteiger partial charge on any atom is -0.386 e. The van der Waals surface area contributed by atoms with Crippen LogP contribution in [0.4, 0.5) is 0 Å². The number of rotatable bonds is 4. The van der Waals surface area contributed by atoms with Gasteiger partial charge in [-0.25, -0.2) is 0 Å². The van der Waals surface area contributed by atoms with Crippen molar-refractivity contribution in [3.8, 4) is 0 Å². The Bertz CT molecular complexity index is 278. The van der Waals surface area contributed by atoms with E-state index in [4.69, 9.17) is 5.73 Å². The van der Waals surface area contributed by atoms with Crippen molar-refractivity contribution >= 4 is 5.91 Å². The summed E-state index contributed by atoms with van der Waals surface area (Å²) >= 11 is 0. The van der Waals surface area contributed by atoms with Crippen molar-refractivity contribution in [1.29, 1.82) is 0 Å². The van der Waals surface area contributed by atoms with Crippen LogP contribution in [0.3, 0.4) is 0 Å². The van der Waals surface area contributed by atoms with E-state index in [-0.39, 0.29) is 17.2 Å². The molecule has 4 heteroatoms. The molecule has 1 fully saturated rings. The summed E-state index contributed by atoms with van der Waals surface area (Å²) in [6.45, 7) is 9.59. The van der Waals surface area contributed by atoms with Gasteiger partial charge in [-0.05, 0) is 18.3 Å². The molecule has 0 aliphatic carbocycles. The Morgan fingerprint density at radius 2 is 2.00 bits per heavy atom. The molecule has 1 unspecified atom stereocenters. The number of carbonyl (C=O) groups excluding carboxylic acids is 1. The Labute approximate surface area is 104 Å². The number of hydrogen-bond acceptors (Lipinski definition) is 3. The highest BCUT2D eigenvalue weighted by Gasteiger charge is 2.43. The smallest absolute Gasteiger partial charge is 0.227 e. The summed E-state index contributed by atoms with van der Waals surface area (Å²) in [5, 5.41) is 9.90. The van der Waals surface area contributed by atoms with E-state index in [0.717, 1.165) is 6.42 Å². The molecule has 0 aromatic heterocycles. The van der Waals surface area contributed by atoms with Gasteiger partial charge in [0.1, 0.15) is 0 Å². The number of nitrogens with two attached hydrogens (primary N) is 1. The lowest BCUT2D eigenvalue weighted by atomic mass is 9.82. The van der Waals surface area contributed by atoms with E-state index in [0.29, 0.717) is 26.1 Å². The minimum atomic E-state index is -0.656. The molecule has 0 saturated carbocycles. The molecular weight excluding hydrogens is 216 g/mol. The van der Waals surface area contributed by atoms with Crippen LogP contribution >= 0.6 is 0 Å². The molecule has 0 bridgehead atoms. The van der Waals surface area contributed by atoms with Crippen LogP contribution in [0.2, 0.25) is 0 Å². The highest BCUT2D eigenvalue weighted by atomic mass is 16.3. The molecule has 0 aromatic carbocycles. The molecule has 1 atom stereocenters. The molecule has 4 nitrogen and oxygen atoms in total. The predicted octanol–water partition coefficient (Wildman–Crippen LogP) is 0.981. The van der Waals surface area contributed by atoms with Gasteiger partial charge in [-0.15, -0.1) is 0 Å². The Balaban J connectivity index is 2.52. The molecule has 1 saturated heterocycles. The van der Waals surface area contributed by atoms with Gasteiger partial charge in [-0.3, -0.25) is 4.79 Å². The van der Waals surface area contributed by atoms with Crippen LogP contribution in [0, 0.1) is 11.3 Å². The van der Waals surface area contributed by atoms with Crippen LogP contribution in [-0.2, 0) is 4.79 Å². The number of likely N-dealkylation sites (tertiary alicyclic amines) is 1.